The maximum atomic E-state index is 11.5. The fraction of sp³-hybridized carbons (Fsp3) is 0.524. The monoisotopic (exact) mass is 371 g/mol. The van der Waals surface area contributed by atoms with Crippen LogP contribution in [-0.4, -0.2) is 34.0 Å². The SMILES string of the molecule is CC(C)(C)c1oc(C(N)=O)cc1CN1CCC(C(O)c2ccccn2)CC1. The zero-order valence-corrected chi connectivity index (χ0v) is 16.3. The summed E-state index contributed by atoms with van der Waals surface area (Å²) >= 11 is 0. The van der Waals surface area contributed by atoms with Crippen LogP contribution in [0, 0.1) is 5.92 Å². The van der Waals surface area contributed by atoms with E-state index in [1.54, 1.807) is 12.3 Å². The van der Waals surface area contributed by atoms with Crippen LogP contribution in [0.25, 0.3) is 0 Å². The molecule has 146 valence electrons. The quantitative estimate of drug-likeness (QED) is 0.843. The lowest BCUT2D eigenvalue weighted by molar-refractivity contribution is 0.0537. The van der Waals surface area contributed by atoms with Gasteiger partial charge in [0, 0.05) is 23.7 Å². The van der Waals surface area contributed by atoms with Gasteiger partial charge < -0.3 is 15.3 Å². The summed E-state index contributed by atoms with van der Waals surface area (Å²) in [6.45, 7) is 8.68. The standard InChI is InChI=1S/C21H29N3O3/c1-21(2,3)19-15(12-17(27-19)20(22)26)13-24-10-7-14(8-11-24)18(25)16-6-4-5-9-23-16/h4-6,9,12,14,18,25H,7-8,10-11,13H2,1-3H3,(H2,22,26). The number of rotatable bonds is 5. The Morgan fingerprint density at radius 2 is 2.07 bits per heavy atom. The van der Waals surface area contributed by atoms with Gasteiger partial charge in [0.2, 0.25) is 0 Å². The second kappa shape index (κ2) is 7.82. The van der Waals surface area contributed by atoms with Gasteiger partial charge in [-0.25, -0.2) is 0 Å². The molecule has 1 saturated heterocycles. The van der Waals surface area contributed by atoms with Gasteiger partial charge in [-0.3, -0.25) is 14.7 Å². The first kappa shape index (κ1) is 19.6. The zero-order valence-electron chi connectivity index (χ0n) is 16.3. The third-order valence-corrected chi connectivity index (χ3v) is 5.20. The molecule has 1 atom stereocenters. The van der Waals surface area contributed by atoms with Crippen molar-refractivity contribution in [2.45, 2.75) is 51.7 Å². The van der Waals surface area contributed by atoms with E-state index in [9.17, 15) is 9.90 Å². The maximum absolute atomic E-state index is 11.5. The van der Waals surface area contributed by atoms with Crippen LogP contribution in [0.2, 0.25) is 0 Å². The molecule has 27 heavy (non-hydrogen) atoms. The van der Waals surface area contributed by atoms with Crippen molar-refractivity contribution in [3.05, 3.63) is 53.2 Å². The number of furan rings is 1. The number of amides is 1. The molecule has 0 aliphatic carbocycles. The number of primary amides is 1. The average molecular weight is 371 g/mol. The Bertz CT molecular complexity index is 772. The van der Waals surface area contributed by atoms with Crippen molar-refractivity contribution in [2.75, 3.05) is 13.1 Å². The Morgan fingerprint density at radius 3 is 2.63 bits per heavy atom. The molecular formula is C21H29N3O3. The van der Waals surface area contributed by atoms with Crippen molar-refractivity contribution < 1.29 is 14.3 Å². The number of hydrogen-bond acceptors (Lipinski definition) is 5. The first-order chi connectivity index (χ1) is 12.8. The Hall–Kier alpha value is -2.18. The molecule has 1 aliphatic rings. The summed E-state index contributed by atoms with van der Waals surface area (Å²) in [7, 11) is 0. The van der Waals surface area contributed by atoms with Gasteiger partial charge in [-0.1, -0.05) is 26.8 Å². The van der Waals surface area contributed by atoms with Crippen LogP contribution in [0.5, 0.6) is 0 Å². The summed E-state index contributed by atoms with van der Waals surface area (Å²) in [5.74, 6) is 0.704. The molecule has 0 saturated carbocycles. The van der Waals surface area contributed by atoms with Gasteiger partial charge in [0.25, 0.3) is 5.91 Å². The Balaban J connectivity index is 1.65. The first-order valence-corrected chi connectivity index (χ1v) is 9.50. The molecule has 0 radical (unpaired) electrons. The van der Waals surface area contributed by atoms with E-state index in [0.717, 1.165) is 49.5 Å². The molecule has 3 heterocycles. The van der Waals surface area contributed by atoms with Crippen molar-refractivity contribution in [1.82, 2.24) is 9.88 Å². The largest absolute Gasteiger partial charge is 0.455 e. The molecule has 1 unspecified atom stereocenters. The van der Waals surface area contributed by atoms with Gasteiger partial charge in [0.1, 0.15) is 5.76 Å². The molecule has 2 aromatic rings. The number of pyridine rings is 1. The van der Waals surface area contributed by atoms with Gasteiger partial charge in [0.15, 0.2) is 5.76 Å². The van der Waals surface area contributed by atoms with Crippen molar-refractivity contribution in [2.24, 2.45) is 11.7 Å². The number of aliphatic hydroxyl groups is 1. The van der Waals surface area contributed by atoms with Crippen molar-refractivity contribution in [3.8, 4) is 0 Å². The molecule has 3 N–H and O–H groups in total. The van der Waals surface area contributed by atoms with Gasteiger partial charge in [-0.05, 0) is 50.0 Å². The number of aromatic nitrogens is 1. The lowest BCUT2D eigenvalue weighted by Gasteiger charge is -2.34. The number of carbonyl (C=O) groups is 1. The Labute approximate surface area is 160 Å². The maximum Gasteiger partial charge on any atom is 0.284 e. The predicted molar refractivity (Wildman–Crippen MR) is 103 cm³/mol. The Kier molecular flexibility index (Phi) is 5.67. The summed E-state index contributed by atoms with van der Waals surface area (Å²) in [5, 5.41) is 10.6. The highest BCUT2D eigenvalue weighted by Gasteiger charge is 2.30. The second-order valence-corrected chi connectivity index (χ2v) is 8.39. The molecule has 1 aliphatic heterocycles. The lowest BCUT2D eigenvalue weighted by Crippen LogP contribution is -2.35. The molecule has 3 rings (SSSR count). The number of nitrogens with zero attached hydrogens (tertiary/aromatic N) is 2. The van der Waals surface area contributed by atoms with Gasteiger partial charge >= 0.3 is 0 Å². The van der Waals surface area contributed by atoms with E-state index in [-0.39, 0.29) is 17.1 Å². The molecule has 6 nitrogen and oxygen atoms in total. The van der Waals surface area contributed by atoms with Crippen LogP contribution >= 0.6 is 0 Å². The summed E-state index contributed by atoms with van der Waals surface area (Å²) in [5.41, 5.74) is 6.96. The number of hydrogen-bond donors (Lipinski definition) is 2. The third-order valence-electron chi connectivity index (χ3n) is 5.20. The highest BCUT2D eigenvalue weighted by atomic mass is 16.4. The van der Waals surface area contributed by atoms with E-state index in [1.807, 2.05) is 18.2 Å². The van der Waals surface area contributed by atoms with Crippen LogP contribution in [0.3, 0.4) is 0 Å². The summed E-state index contributed by atoms with van der Waals surface area (Å²) in [6, 6.07) is 7.42. The van der Waals surface area contributed by atoms with E-state index in [4.69, 9.17) is 10.2 Å². The summed E-state index contributed by atoms with van der Waals surface area (Å²) in [4.78, 5) is 18.1. The van der Waals surface area contributed by atoms with Crippen molar-refractivity contribution in [1.29, 1.82) is 0 Å². The van der Waals surface area contributed by atoms with E-state index in [2.05, 4.69) is 30.7 Å². The van der Waals surface area contributed by atoms with Crippen molar-refractivity contribution in [3.63, 3.8) is 0 Å². The van der Waals surface area contributed by atoms with Crippen LogP contribution < -0.4 is 5.73 Å². The molecule has 1 amide bonds. The highest BCUT2D eigenvalue weighted by Crippen LogP contribution is 2.33. The second-order valence-electron chi connectivity index (χ2n) is 8.39. The van der Waals surface area contributed by atoms with E-state index in [1.165, 1.54) is 0 Å². The summed E-state index contributed by atoms with van der Waals surface area (Å²) < 4.78 is 5.75. The van der Waals surface area contributed by atoms with Gasteiger partial charge in [0.05, 0.1) is 11.8 Å². The van der Waals surface area contributed by atoms with Crippen LogP contribution in [0.15, 0.2) is 34.9 Å². The number of carbonyl (C=O) groups excluding carboxylic acids is 1. The third kappa shape index (κ3) is 4.57. The zero-order chi connectivity index (χ0) is 19.6. The smallest absolute Gasteiger partial charge is 0.284 e. The fourth-order valence-corrected chi connectivity index (χ4v) is 3.76. The number of aliphatic hydroxyl groups excluding tert-OH is 1. The van der Waals surface area contributed by atoms with Crippen LogP contribution in [0.4, 0.5) is 0 Å². The van der Waals surface area contributed by atoms with Crippen molar-refractivity contribution >= 4 is 5.91 Å². The number of nitrogens with two attached hydrogens (primary N) is 1. The summed E-state index contributed by atoms with van der Waals surface area (Å²) in [6.07, 6.45) is 3.01. The lowest BCUT2D eigenvalue weighted by atomic mass is 9.88. The minimum atomic E-state index is -0.538. The molecule has 0 spiro atoms. The molecule has 6 heteroatoms. The predicted octanol–water partition coefficient (Wildman–Crippen LogP) is 3.02. The minimum absolute atomic E-state index is 0.198. The highest BCUT2D eigenvalue weighted by molar-refractivity contribution is 5.90. The van der Waals surface area contributed by atoms with Gasteiger partial charge in [-0.15, -0.1) is 0 Å². The Morgan fingerprint density at radius 1 is 1.37 bits per heavy atom. The van der Waals surface area contributed by atoms with Gasteiger partial charge in [-0.2, -0.15) is 0 Å². The van der Waals surface area contributed by atoms with E-state index in [0.29, 0.717) is 0 Å². The number of likely N-dealkylation sites (tertiary alicyclic amines) is 1. The topological polar surface area (TPSA) is 92.6 Å². The first-order valence-electron chi connectivity index (χ1n) is 9.50. The molecular weight excluding hydrogens is 342 g/mol. The minimum Gasteiger partial charge on any atom is -0.455 e. The number of piperidine rings is 1. The van der Waals surface area contributed by atoms with E-state index < -0.39 is 12.0 Å². The van der Waals surface area contributed by atoms with E-state index >= 15 is 0 Å². The molecule has 1 fully saturated rings. The fourth-order valence-electron chi connectivity index (χ4n) is 3.76. The van der Waals surface area contributed by atoms with Crippen LogP contribution in [-0.2, 0) is 12.0 Å². The normalized spacial score (nSPS) is 17.8. The molecule has 2 aromatic heterocycles. The average Bonchev–Trinajstić information content (AvgIpc) is 3.07. The molecule has 0 aromatic carbocycles. The van der Waals surface area contributed by atoms with Crippen LogP contribution in [0.1, 0.15) is 67.3 Å². The molecule has 0 bridgehead atoms.